The van der Waals surface area contributed by atoms with Gasteiger partial charge in [0, 0.05) is 0 Å². The highest BCUT2D eigenvalue weighted by molar-refractivity contribution is 4.83. The molecule has 17 heavy (non-hydrogen) atoms. The fraction of sp³-hybridized carbons (Fsp3) is 1.00. The third-order valence-corrected chi connectivity index (χ3v) is 5.40. The van der Waals surface area contributed by atoms with Crippen LogP contribution in [-0.4, -0.2) is 6.54 Å². The van der Waals surface area contributed by atoms with E-state index in [4.69, 9.17) is 5.73 Å². The van der Waals surface area contributed by atoms with E-state index in [1.165, 1.54) is 83.5 Å². The molecule has 1 nitrogen and oxygen atoms in total. The highest BCUT2D eigenvalue weighted by Gasteiger charge is 2.30. The lowest BCUT2D eigenvalue weighted by Crippen LogP contribution is -2.30. The molecule has 2 rings (SSSR count). The van der Waals surface area contributed by atoms with Crippen molar-refractivity contribution in [1.29, 1.82) is 0 Å². The molecular formula is C16H31N. The van der Waals surface area contributed by atoms with Crippen molar-refractivity contribution in [2.24, 2.45) is 17.1 Å². The molecule has 2 fully saturated rings. The summed E-state index contributed by atoms with van der Waals surface area (Å²) in [5, 5.41) is 0. The summed E-state index contributed by atoms with van der Waals surface area (Å²) >= 11 is 0. The monoisotopic (exact) mass is 237 g/mol. The standard InChI is InChI=1S/C16H31N/c17-14-16(11-6-1-2-7-12-16)13-10-15-8-4-3-5-9-15/h15H,1-14,17H2. The lowest BCUT2D eigenvalue weighted by molar-refractivity contribution is 0.197. The minimum absolute atomic E-state index is 0.536. The van der Waals surface area contributed by atoms with Crippen LogP contribution in [0, 0.1) is 11.3 Å². The van der Waals surface area contributed by atoms with Gasteiger partial charge in [0.2, 0.25) is 0 Å². The number of hydrogen-bond donors (Lipinski definition) is 1. The van der Waals surface area contributed by atoms with E-state index in [0.717, 1.165) is 12.5 Å². The van der Waals surface area contributed by atoms with Crippen LogP contribution in [0.3, 0.4) is 0 Å². The fourth-order valence-electron chi connectivity index (χ4n) is 4.02. The second-order valence-corrected chi connectivity index (χ2v) is 6.66. The Hall–Kier alpha value is -0.0400. The van der Waals surface area contributed by atoms with E-state index in [-0.39, 0.29) is 0 Å². The van der Waals surface area contributed by atoms with Gasteiger partial charge >= 0.3 is 0 Å². The zero-order chi connectivity index (χ0) is 12.0. The zero-order valence-corrected chi connectivity index (χ0v) is 11.6. The highest BCUT2D eigenvalue weighted by atomic mass is 14.6. The Labute approximate surface area is 108 Å². The molecule has 0 spiro atoms. The molecule has 2 saturated carbocycles. The van der Waals surface area contributed by atoms with Gasteiger partial charge in [0.15, 0.2) is 0 Å². The van der Waals surface area contributed by atoms with Gasteiger partial charge in [0.1, 0.15) is 0 Å². The van der Waals surface area contributed by atoms with Crippen LogP contribution >= 0.6 is 0 Å². The van der Waals surface area contributed by atoms with E-state index < -0.39 is 0 Å². The van der Waals surface area contributed by atoms with Gasteiger partial charge in [-0.3, -0.25) is 0 Å². The van der Waals surface area contributed by atoms with Crippen molar-refractivity contribution in [1.82, 2.24) is 0 Å². The fourth-order valence-corrected chi connectivity index (χ4v) is 4.02. The van der Waals surface area contributed by atoms with E-state index in [1.807, 2.05) is 0 Å². The van der Waals surface area contributed by atoms with Crippen molar-refractivity contribution in [2.45, 2.75) is 83.5 Å². The second kappa shape index (κ2) is 6.78. The van der Waals surface area contributed by atoms with Crippen LogP contribution in [0.2, 0.25) is 0 Å². The molecule has 0 radical (unpaired) electrons. The first kappa shape index (κ1) is 13.4. The van der Waals surface area contributed by atoms with Gasteiger partial charge < -0.3 is 5.73 Å². The molecule has 2 aliphatic rings. The molecule has 0 saturated heterocycles. The van der Waals surface area contributed by atoms with Crippen molar-refractivity contribution in [3.05, 3.63) is 0 Å². The molecule has 0 aromatic carbocycles. The second-order valence-electron chi connectivity index (χ2n) is 6.66. The van der Waals surface area contributed by atoms with Crippen LogP contribution in [0.5, 0.6) is 0 Å². The molecular weight excluding hydrogens is 206 g/mol. The zero-order valence-electron chi connectivity index (χ0n) is 11.6. The lowest BCUT2D eigenvalue weighted by Gasteiger charge is -2.34. The Bertz CT molecular complexity index is 198. The Morgan fingerprint density at radius 2 is 1.41 bits per heavy atom. The van der Waals surface area contributed by atoms with Crippen molar-refractivity contribution >= 4 is 0 Å². The normalized spacial score (nSPS) is 26.6. The lowest BCUT2D eigenvalue weighted by atomic mass is 9.73. The average molecular weight is 237 g/mol. The quantitative estimate of drug-likeness (QED) is 0.708. The molecule has 2 aliphatic carbocycles. The van der Waals surface area contributed by atoms with Gasteiger partial charge in [-0.2, -0.15) is 0 Å². The summed E-state index contributed by atoms with van der Waals surface area (Å²) in [5.41, 5.74) is 6.66. The number of nitrogens with two attached hydrogens (primary N) is 1. The maximum absolute atomic E-state index is 6.12. The largest absolute Gasteiger partial charge is 0.330 e. The maximum atomic E-state index is 6.12. The third-order valence-electron chi connectivity index (χ3n) is 5.40. The smallest absolute Gasteiger partial charge is 0.00205 e. The molecule has 0 aromatic heterocycles. The first-order valence-electron chi connectivity index (χ1n) is 8.05. The van der Waals surface area contributed by atoms with Crippen molar-refractivity contribution in [2.75, 3.05) is 6.54 Å². The topological polar surface area (TPSA) is 26.0 Å². The SMILES string of the molecule is NCC1(CCC2CCCCC2)CCCCCC1. The predicted molar refractivity (Wildman–Crippen MR) is 75.0 cm³/mol. The van der Waals surface area contributed by atoms with Crippen molar-refractivity contribution in [3.63, 3.8) is 0 Å². The average Bonchev–Trinajstić information content (AvgIpc) is 2.64. The summed E-state index contributed by atoms with van der Waals surface area (Å²) in [6.45, 7) is 0.944. The van der Waals surface area contributed by atoms with Crippen LogP contribution in [0.1, 0.15) is 83.5 Å². The van der Waals surface area contributed by atoms with E-state index in [2.05, 4.69) is 0 Å². The van der Waals surface area contributed by atoms with Crippen LogP contribution in [0.25, 0.3) is 0 Å². The molecule has 2 N–H and O–H groups in total. The molecule has 1 heteroatoms. The van der Waals surface area contributed by atoms with Crippen LogP contribution in [-0.2, 0) is 0 Å². The van der Waals surface area contributed by atoms with Crippen molar-refractivity contribution < 1.29 is 0 Å². The Morgan fingerprint density at radius 3 is 2.00 bits per heavy atom. The molecule has 100 valence electrons. The van der Waals surface area contributed by atoms with Crippen molar-refractivity contribution in [3.8, 4) is 0 Å². The van der Waals surface area contributed by atoms with E-state index >= 15 is 0 Å². The van der Waals surface area contributed by atoms with Gasteiger partial charge in [0.05, 0.1) is 0 Å². The van der Waals surface area contributed by atoms with Crippen LogP contribution < -0.4 is 5.73 Å². The predicted octanol–water partition coefficient (Wildman–Crippen LogP) is 4.65. The van der Waals surface area contributed by atoms with Crippen LogP contribution in [0.4, 0.5) is 0 Å². The summed E-state index contributed by atoms with van der Waals surface area (Å²) in [6, 6.07) is 0. The summed E-state index contributed by atoms with van der Waals surface area (Å²) in [6.07, 6.45) is 18.9. The number of rotatable bonds is 4. The Morgan fingerprint density at radius 1 is 0.824 bits per heavy atom. The number of hydrogen-bond acceptors (Lipinski definition) is 1. The van der Waals surface area contributed by atoms with E-state index in [0.29, 0.717) is 5.41 Å². The Kier molecular flexibility index (Phi) is 5.34. The van der Waals surface area contributed by atoms with Gasteiger partial charge in [-0.15, -0.1) is 0 Å². The molecule has 0 bridgehead atoms. The molecule has 0 atom stereocenters. The van der Waals surface area contributed by atoms with Gasteiger partial charge in [-0.25, -0.2) is 0 Å². The molecule has 0 aromatic rings. The van der Waals surface area contributed by atoms with Gasteiger partial charge in [0.25, 0.3) is 0 Å². The summed E-state index contributed by atoms with van der Waals surface area (Å²) in [7, 11) is 0. The first-order valence-corrected chi connectivity index (χ1v) is 8.05. The molecule has 0 aliphatic heterocycles. The minimum Gasteiger partial charge on any atom is -0.330 e. The maximum Gasteiger partial charge on any atom is -0.00205 e. The Balaban J connectivity index is 1.80. The highest BCUT2D eigenvalue weighted by Crippen LogP contribution is 2.40. The van der Waals surface area contributed by atoms with Crippen LogP contribution in [0.15, 0.2) is 0 Å². The first-order chi connectivity index (χ1) is 8.35. The molecule has 0 unspecified atom stereocenters. The minimum atomic E-state index is 0.536. The van der Waals surface area contributed by atoms with E-state index in [9.17, 15) is 0 Å². The summed E-state index contributed by atoms with van der Waals surface area (Å²) in [5.74, 6) is 1.04. The summed E-state index contributed by atoms with van der Waals surface area (Å²) < 4.78 is 0. The van der Waals surface area contributed by atoms with Gasteiger partial charge in [-0.1, -0.05) is 57.8 Å². The molecule has 0 amide bonds. The van der Waals surface area contributed by atoms with E-state index in [1.54, 1.807) is 0 Å². The summed E-state index contributed by atoms with van der Waals surface area (Å²) in [4.78, 5) is 0. The molecule has 0 heterocycles. The third kappa shape index (κ3) is 3.98. The van der Waals surface area contributed by atoms with Gasteiger partial charge in [-0.05, 0) is 43.6 Å².